The van der Waals surface area contributed by atoms with E-state index in [2.05, 4.69) is 10.6 Å². The molecular formula is C23H19Cl2FN2O2. The summed E-state index contributed by atoms with van der Waals surface area (Å²) in [7, 11) is 0. The maximum Gasteiger partial charge on any atom is 0.258 e. The Balaban J connectivity index is 1.66. The fourth-order valence-corrected chi connectivity index (χ4v) is 3.30. The number of aryl methyl sites for hydroxylation is 1. The van der Waals surface area contributed by atoms with Gasteiger partial charge in [0.05, 0.1) is 15.6 Å². The van der Waals surface area contributed by atoms with E-state index < -0.39 is 11.7 Å². The Kier molecular flexibility index (Phi) is 7.08. The van der Waals surface area contributed by atoms with Gasteiger partial charge in [-0.1, -0.05) is 53.5 Å². The molecule has 4 nitrogen and oxygen atoms in total. The molecule has 3 aromatic rings. The third kappa shape index (κ3) is 5.17. The van der Waals surface area contributed by atoms with Gasteiger partial charge in [0.1, 0.15) is 5.82 Å². The smallest absolute Gasteiger partial charge is 0.258 e. The third-order valence-corrected chi connectivity index (χ3v) is 5.44. The molecule has 0 aromatic heterocycles. The molecule has 0 bridgehead atoms. The number of anilines is 1. The van der Waals surface area contributed by atoms with Crippen LogP contribution in [0.15, 0.2) is 60.7 Å². The lowest BCUT2D eigenvalue weighted by Gasteiger charge is -2.12. The van der Waals surface area contributed by atoms with Crippen LogP contribution in [0.25, 0.3) is 0 Å². The van der Waals surface area contributed by atoms with Gasteiger partial charge in [-0.15, -0.1) is 0 Å². The average molecular weight is 445 g/mol. The summed E-state index contributed by atoms with van der Waals surface area (Å²) in [6, 6.07) is 16.0. The average Bonchev–Trinajstić information content (AvgIpc) is 2.73. The molecule has 0 spiro atoms. The van der Waals surface area contributed by atoms with Gasteiger partial charge in [-0.2, -0.15) is 0 Å². The zero-order chi connectivity index (χ0) is 21.7. The minimum atomic E-state index is -0.610. The van der Waals surface area contributed by atoms with Crippen molar-refractivity contribution in [3.8, 4) is 0 Å². The van der Waals surface area contributed by atoms with E-state index >= 15 is 0 Å². The second-order valence-electron chi connectivity index (χ2n) is 6.68. The monoisotopic (exact) mass is 444 g/mol. The fraction of sp³-hybridized carbons (Fsp3) is 0.130. The number of nitrogens with one attached hydrogen (secondary N) is 2. The molecular weight excluding hydrogens is 426 g/mol. The van der Waals surface area contributed by atoms with E-state index in [4.69, 9.17) is 23.2 Å². The highest BCUT2D eigenvalue weighted by Crippen LogP contribution is 2.25. The van der Waals surface area contributed by atoms with Crippen molar-refractivity contribution in [2.45, 2.75) is 13.3 Å². The van der Waals surface area contributed by atoms with Crippen molar-refractivity contribution >= 4 is 40.7 Å². The van der Waals surface area contributed by atoms with Gasteiger partial charge < -0.3 is 10.6 Å². The number of benzene rings is 3. The minimum absolute atomic E-state index is 0.0647. The van der Waals surface area contributed by atoms with E-state index in [1.165, 1.54) is 18.2 Å². The first-order valence-electron chi connectivity index (χ1n) is 9.24. The van der Waals surface area contributed by atoms with Gasteiger partial charge in [0, 0.05) is 17.8 Å². The summed E-state index contributed by atoms with van der Waals surface area (Å²) in [5.74, 6) is -1.49. The summed E-state index contributed by atoms with van der Waals surface area (Å²) in [4.78, 5) is 24.9. The van der Waals surface area contributed by atoms with Crippen molar-refractivity contribution in [1.82, 2.24) is 5.32 Å². The Labute approximate surface area is 184 Å². The molecule has 30 heavy (non-hydrogen) atoms. The summed E-state index contributed by atoms with van der Waals surface area (Å²) in [5.41, 5.74) is 2.34. The molecule has 0 fully saturated rings. The molecule has 0 aliphatic carbocycles. The van der Waals surface area contributed by atoms with Gasteiger partial charge in [0.25, 0.3) is 11.8 Å². The van der Waals surface area contributed by atoms with Crippen LogP contribution in [0.2, 0.25) is 10.0 Å². The molecule has 3 rings (SSSR count). The lowest BCUT2D eigenvalue weighted by atomic mass is 10.1. The van der Waals surface area contributed by atoms with Crippen molar-refractivity contribution < 1.29 is 14.0 Å². The van der Waals surface area contributed by atoms with E-state index in [-0.39, 0.29) is 11.5 Å². The van der Waals surface area contributed by atoms with Crippen LogP contribution in [0.4, 0.5) is 10.1 Å². The number of carbonyl (C=O) groups is 2. The molecule has 0 aliphatic heterocycles. The first-order chi connectivity index (χ1) is 14.4. The lowest BCUT2D eigenvalue weighted by molar-refractivity contribution is 0.0952. The molecule has 2 N–H and O–H groups in total. The number of rotatable bonds is 6. The maximum absolute atomic E-state index is 13.8. The van der Waals surface area contributed by atoms with Crippen LogP contribution < -0.4 is 10.6 Å². The number of carbonyl (C=O) groups excluding carboxylic acids is 2. The normalized spacial score (nSPS) is 10.5. The SMILES string of the molecule is Cc1ccc(C(=O)NCCc2cccc(Cl)c2Cl)cc1NC(=O)c1ccccc1F. The fourth-order valence-electron chi connectivity index (χ4n) is 2.89. The minimum Gasteiger partial charge on any atom is -0.352 e. The van der Waals surface area contributed by atoms with Crippen molar-refractivity contribution in [2.75, 3.05) is 11.9 Å². The van der Waals surface area contributed by atoms with Crippen LogP contribution in [0.5, 0.6) is 0 Å². The zero-order valence-corrected chi connectivity index (χ0v) is 17.6. The Bertz CT molecular complexity index is 1100. The van der Waals surface area contributed by atoms with Gasteiger partial charge in [-0.3, -0.25) is 9.59 Å². The third-order valence-electron chi connectivity index (χ3n) is 4.58. The van der Waals surface area contributed by atoms with Crippen molar-refractivity contribution in [3.63, 3.8) is 0 Å². The maximum atomic E-state index is 13.8. The highest BCUT2D eigenvalue weighted by atomic mass is 35.5. The van der Waals surface area contributed by atoms with Crippen LogP contribution in [0, 0.1) is 12.7 Å². The van der Waals surface area contributed by atoms with Gasteiger partial charge in [0.2, 0.25) is 0 Å². The van der Waals surface area contributed by atoms with Gasteiger partial charge in [0.15, 0.2) is 0 Å². The second-order valence-corrected chi connectivity index (χ2v) is 7.47. The molecule has 0 aliphatic rings. The summed E-state index contributed by atoms with van der Waals surface area (Å²) in [5, 5.41) is 6.43. The van der Waals surface area contributed by atoms with Gasteiger partial charge in [-0.25, -0.2) is 4.39 Å². The van der Waals surface area contributed by atoms with Crippen molar-refractivity contribution in [3.05, 3.63) is 98.8 Å². The predicted octanol–water partition coefficient (Wildman–Crippen LogP) is 5.67. The number of hydrogen-bond acceptors (Lipinski definition) is 2. The van der Waals surface area contributed by atoms with Crippen LogP contribution in [-0.4, -0.2) is 18.4 Å². The van der Waals surface area contributed by atoms with E-state index in [1.54, 1.807) is 43.3 Å². The molecule has 0 unspecified atom stereocenters. The Morgan fingerprint density at radius 2 is 1.73 bits per heavy atom. The Morgan fingerprint density at radius 3 is 2.50 bits per heavy atom. The highest BCUT2D eigenvalue weighted by Gasteiger charge is 2.14. The number of amides is 2. The van der Waals surface area contributed by atoms with E-state index in [9.17, 15) is 14.0 Å². The lowest BCUT2D eigenvalue weighted by Crippen LogP contribution is -2.26. The first kappa shape index (κ1) is 21.8. The number of halogens is 3. The molecule has 2 amide bonds. The largest absolute Gasteiger partial charge is 0.352 e. The molecule has 154 valence electrons. The Hall–Kier alpha value is -2.89. The predicted molar refractivity (Wildman–Crippen MR) is 118 cm³/mol. The summed E-state index contributed by atoms with van der Waals surface area (Å²) >= 11 is 12.2. The molecule has 0 saturated carbocycles. The molecule has 0 heterocycles. The van der Waals surface area contributed by atoms with Crippen LogP contribution in [0.3, 0.4) is 0 Å². The zero-order valence-electron chi connectivity index (χ0n) is 16.1. The quantitative estimate of drug-likeness (QED) is 0.514. The molecule has 3 aromatic carbocycles. The van der Waals surface area contributed by atoms with E-state index in [0.29, 0.717) is 34.3 Å². The molecule has 0 saturated heterocycles. The number of hydrogen-bond donors (Lipinski definition) is 2. The highest BCUT2D eigenvalue weighted by molar-refractivity contribution is 6.42. The first-order valence-corrected chi connectivity index (χ1v) is 10.00. The van der Waals surface area contributed by atoms with Crippen LogP contribution in [0.1, 0.15) is 31.8 Å². The van der Waals surface area contributed by atoms with Gasteiger partial charge >= 0.3 is 0 Å². The summed E-state index contributed by atoms with van der Waals surface area (Å²) < 4.78 is 13.8. The van der Waals surface area contributed by atoms with Gasteiger partial charge in [-0.05, 0) is 54.8 Å². The molecule has 0 radical (unpaired) electrons. The van der Waals surface area contributed by atoms with Crippen LogP contribution >= 0.6 is 23.2 Å². The molecule has 7 heteroatoms. The van der Waals surface area contributed by atoms with Crippen LogP contribution in [-0.2, 0) is 6.42 Å². The summed E-state index contributed by atoms with van der Waals surface area (Å²) in [6.07, 6.45) is 0.522. The topological polar surface area (TPSA) is 58.2 Å². The van der Waals surface area contributed by atoms with Crippen molar-refractivity contribution in [2.24, 2.45) is 0 Å². The standard InChI is InChI=1S/C23H19Cl2FN2O2/c1-14-9-10-16(13-20(14)28-23(30)17-6-2-3-8-19(17)26)22(29)27-12-11-15-5-4-7-18(24)21(15)25/h2-10,13H,11-12H2,1H3,(H,27,29)(H,28,30). The van der Waals surface area contributed by atoms with E-state index in [0.717, 1.165) is 11.1 Å². The second kappa shape index (κ2) is 9.74. The summed E-state index contributed by atoms with van der Waals surface area (Å²) in [6.45, 7) is 2.16. The Morgan fingerprint density at radius 1 is 0.967 bits per heavy atom. The van der Waals surface area contributed by atoms with Crippen molar-refractivity contribution in [1.29, 1.82) is 0 Å². The van der Waals surface area contributed by atoms with E-state index in [1.807, 2.05) is 6.07 Å². The molecule has 0 atom stereocenters.